The number of carboxylic acids is 1. The zero-order chi connectivity index (χ0) is 20.4. The Bertz CT molecular complexity index is 1130. The molecule has 1 heterocycles. The lowest BCUT2D eigenvalue weighted by molar-refractivity contribution is 0.0697. The van der Waals surface area contributed by atoms with Crippen LogP contribution in [0.2, 0.25) is 5.02 Å². The maximum atomic E-state index is 12.7. The number of nitrogens with zero attached hydrogens (tertiary/aromatic N) is 2. The molecule has 3 aromatic rings. The number of anilines is 1. The zero-order valence-corrected chi connectivity index (χ0v) is 15.9. The average Bonchev–Trinajstić information content (AvgIpc) is 2.97. The van der Waals surface area contributed by atoms with Gasteiger partial charge in [0.25, 0.3) is 5.91 Å². The molecular formula is C22H20ClN3O3. The number of aromatic nitrogens is 1. The van der Waals surface area contributed by atoms with Crippen molar-refractivity contribution in [3.8, 4) is 17.3 Å². The van der Waals surface area contributed by atoms with E-state index in [2.05, 4.69) is 5.32 Å². The smallest absolute Gasteiger partial charge is 0.336 e. The molecule has 0 aliphatic rings. The minimum atomic E-state index is -1.07. The summed E-state index contributed by atoms with van der Waals surface area (Å²) in [6.45, 7) is 1.78. The summed E-state index contributed by atoms with van der Waals surface area (Å²) in [4.78, 5) is 24.3. The predicted molar refractivity (Wildman–Crippen MR) is 113 cm³/mol. The van der Waals surface area contributed by atoms with E-state index in [1.165, 1.54) is 12.1 Å². The highest BCUT2D eigenvalue weighted by Gasteiger charge is 2.20. The van der Waals surface area contributed by atoms with Crippen molar-refractivity contribution in [2.24, 2.45) is 7.05 Å². The number of carbonyl (C=O) groups is 2. The molecule has 1 amide bonds. The third kappa shape index (κ3) is 4.31. The SMILES string of the molecule is C.Cc1c(C(=O)Nc2ccc(C#N)cc2)cc(-c2cc(Cl)ccc2C(=O)O)n1C. The molecule has 3 rings (SSSR count). The van der Waals surface area contributed by atoms with Crippen molar-refractivity contribution >= 4 is 29.2 Å². The molecule has 0 saturated heterocycles. The van der Waals surface area contributed by atoms with Crippen molar-refractivity contribution in [2.45, 2.75) is 14.4 Å². The van der Waals surface area contributed by atoms with Gasteiger partial charge in [0.2, 0.25) is 0 Å². The van der Waals surface area contributed by atoms with Crippen molar-refractivity contribution in [3.63, 3.8) is 0 Å². The molecule has 0 atom stereocenters. The summed E-state index contributed by atoms with van der Waals surface area (Å²) in [7, 11) is 1.76. The second-order valence-electron chi connectivity index (χ2n) is 6.23. The summed E-state index contributed by atoms with van der Waals surface area (Å²) in [5.41, 5.74) is 3.26. The van der Waals surface area contributed by atoms with Gasteiger partial charge in [0.1, 0.15) is 0 Å². The number of hydrogen-bond acceptors (Lipinski definition) is 3. The summed E-state index contributed by atoms with van der Waals surface area (Å²) in [6, 6.07) is 14.7. The largest absolute Gasteiger partial charge is 0.478 e. The van der Waals surface area contributed by atoms with Crippen LogP contribution in [0.25, 0.3) is 11.3 Å². The quantitative estimate of drug-likeness (QED) is 0.625. The molecular weight excluding hydrogens is 390 g/mol. The molecule has 2 aromatic carbocycles. The zero-order valence-electron chi connectivity index (χ0n) is 15.2. The highest BCUT2D eigenvalue weighted by molar-refractivity contribution is 6.31. The van der Waals surface area contributed by atoms with E-state index in [0.717, 1.165) is 0 Å². The number of amides is 1. The van der Waals surface area contributed by atoms with E-state index < -0.39 is 5.97 Å². The minimum absolute atomic E-state index is 0. The number of carbonyl (C=O) groups excluding carboxylic acids is 1. The Morgan fingerprint density at radius 2 is 1.76 bits per heavy atom. The fourth-order valence-corrected chi connectivity index (χ4v) is 3.10. The molecule has 0 radical (unpaired) electrons. The van der Waals surface area contributed by atoms with Crippen molar-refractivity contribution < 1.29 is 14.7 Å². The number of hydrogen-bond donors (Lipinski definition) is 2. The second-order valence-corrected chi connectivity index (χ2v) is 6.66. The first-order valence-corrected chi connectivity index (χ1v) is 8.70. The number of nitriles is 1. The van der Waals surface area contributed by atoms with Crippen molar-refractivity contribution in [1.82, 2.24) is 4.57 Å². The Kier molecular flexibility index (Phi) is 6.47. The van der Waals surface area contributed by atoms with Crippen LogP contribution in [0.1, 0.15) is 39.4 Å². The molecule has 6 nitrogen and oxygen atoms in total. The Morgan fingerprint density at radius 1 is 1.10 bits per heavy atom. The fraction of sp³-hybridized carbons (Fsp3) is 0.136. The lowest BCUT2D eigenvalue weighted by Crippen LogP contribution is -2.12. The van der Waals surface area contributed by atoms with Gasteiger partial charge in [-0.15, -0.1) is 0 Å². The number of aromatic carboxylic acids is 1. The van der Waals surface area contributed by atoms with Crippen LogP contribution >= 0.6 is 11.6 Å². The summed E-state index contributed by atoms with van der Waals surface area (Å²) in [5, 5.41) is 21.5. The maximum Gasteiger partial charge on any atom is 0.336 e. The Labute approximate surface area is 174 Å². The van der Waals surface area contributed by atoms with E-state index in [0.29, 0.717) is 38.8 Å². The first-order chi connectivity index (χ1) is 13.3. The molecule has 148 valence electrons. The first kappa shape index (κ1) is 21.7. The van der Waals surface area contributed by atoms with Crippen LogP contribution in [0, 0.1) is 18.3 Å². The van der Waals surface area contributed by atoms with E-state index in [1.807, 2.05) is 6.07 Å². The Morgan fingerprint density at radius 3 is 2.34 bits per heavy atom. The van der Waals surface area contributed by atoms with Gasteiger partial charge >= 0.3 is 5.97 Å². The monoisotopic (exact) mass is 409 g/mol. The lowest BCUT2D eigenvalue weighted by atomic mass is 10.0. The van der Waals surface area contributed by atoms with Crippen LogP contribution in [0.4, 0.5) is 5.69 Å². The lowest BCUT2D eigenvalue weighted by Gasteiger charge is -2.09. The van der Waals surface area contributed by atoms with Crippen molar-refractivity contribution in [1.29, 1.82) is 5.26 Å². The summed E-state index contributed by atoms with van der Waals surface area (Å²) >= 11 is 6.06. The second kappa shape index (κ2) is 8.63. The number of benzene rings is 2. The van der Waals surface area contributed by atoms with Gasteiger partial charge in [0.15, 0.2) is 0 Å². The van der Waals surface area contributed by atoms with Crippen molar-refractivity contribution in [3.05, 3.63) is 75.9 Å². The summed E-state index contributed by atoms with van der Waals surface area (Å²) < 4.78 is 1.76. The molecule has 0 aliphatic carbocycles. The topological polar surface area (TPSA) is 95.1 Å². The highest BCUT2D eigenvalue weighted by atomic mass is 35.5. The molecule has 0 aliphatic heterocycles. The van der Waals surface area contributed by atoms with Crippen molar-refractivity contribution in [2.75, 3.05) is 5.32 Å². The van der Waals surface area contributed by atoms with Crippen LogP contribution in [0.15, 0.2) is 48.5 Å². The summed E-state index contributed by atoms with van der Waals surface area (Å²) in [6.07, 6.45) is 0. The molecule has 0 bridgehead atoms. The average molecular weight is 410 g/mol. The number of halogens is 1. The van der Waals surface area contributed by atoms with Crippen LogP contribution in [-0.2, 0) is 7.05 Å². The number of rotatable bonds is 4. The van der Waals surface area contributed by atoms with E-state index in [-0.39, 0.29) is 18.9 Å². The third-order valence-electron chi connectivity index (χ3n) is 4.54. The molecule has 7 heteroatoms. The van der Waals surface area contributed by atoms with Gasteiger partial charge in [0.05, 0.1) is 22.8 Å². The molecule has 0 saturated carbocycles. The molecule has 1 aromatic heterocycles. The van der Waals surface area contributed by atoms with Gasteiger partial charge in [-0.1, -0.05) is 19.0 Å². The van der Waals surface area contributed by atoms with Gasteiger partial charge in [0, 0.05) is 34.7 Å². The van der Waals surface area contributed by atoms with Crippen LogP contribution < -0.4 is 5.32 Å². The predicted octanol–water partition coefficient (Wildman–Crippen LogP) is 5.11. The van der Waals surface area contributed by atoms with Gasteiger partial charge in [-0.05, 0) is 55.5 Å². The summed E-state index contributed by atoms with van der Waals surface area (Å²) in [5.74, 6) is -1.41. The number of carboxylic acid groups (broad SMARTS) is 1. The van der Waals surface area contributed by atoms with E-state index in [1.54, 1.807) is 54.9 Å². The van der Waals surface area contributed by atoms with E-state index >= 15 is 0 Å². The van der Waals surface area contributed by atoms with Crippen LogP contribution in [-0.4, -0.2) is 21.6 Å². The Balaban J connectivity index is 0.00000300. The van der Waals surface area contributed by atoms with Gasteiger partial charge < -0.3 is 15.0 Å². The van der Waals surface area contributed by atoms with E-state index in [9.17, 15) is 14.7 Å². The number of nitrogens with one attached hydrogen (secondary N) is 1. The van der Waals surface area contributed by atoms with Gasteiger partial charge in [-0.2, -0.15) is 5.26 Å². The molecule has 2 N–H and O–H groups in total. The third-order valence-corrected chi connectivity index (χ3v) is 4.77. The maximum absolute atomic E-state index is 12.7. The standard InChI is InChI=1S/C21H16ClN3O3.CH4/c1-12-17(20(26)24-15-6-3-13(11-23)4-7-15)10-19(25(12)2)18-9-14(22)5-8-16(18)21(27)28;/h3-10H,1-2H3,(H,24,26)(H,27,28);1H4. The highest BCUT2D eigenvalue weighted by Crippen LogP contribution is 2.30. The normalized spacial score (nSPS) is 10.0. The van der Waals surface area contributed by atoms with Crippen LogP contribution in [0.3, 0.4) is 0 Å². The Hall–Kier alpha value is -3.56. The molecule has 29 heavy (non-hydrogen) atoms. The molecule has 0 spiro atoms. The van der Waals surface area contributed by atoms with E-state index in [4.69, 9.17) is 16.9 Å². The first-order valence-electron chi connectivity index (χ1n) is 8.33. The fourth-order valence-electron chi connectivity index (χ4n) is 2.93. The molecule has 0 fully saturated rings. The van der Waals surface area contributed by atoms with Gasteiger partial charge in [-0.3, -0.25) is 4.79 Å². The van der Waals surface area contributed by atoms with Crippen LogP contribution in [0.5, 0.6) is 0 Å². The minimum Gasteiger partial charge on any atom is -0.478 e. The molecule has 0 unspecified atom stereocenters. The van der Waals surface area contributed by atoms with Gasteiger partial charge in [-0.25, -0.2) is 4.79 Å².